The second kappa shape index (κ2) is 6.76. The fraction of sp³-hybridized carbons (Fsp3) is 0.500. The number of nitrogens with zero attached hydrogens (tertiary/aromatic N) is 6. The van der Waals surface area contributed by atoms with Gasteiger partial charge in [-0.2, -0.15) is 5.10 Å². The molecule has 1 aliphatic rings. The highest BCUT2D eigenvalue weighted by atomic mass is 16.2. The maximum atomic E-state index is 12.4. The zero-order chi connectivity index (χ0) is 16.2. The van der Waals surface area contributed by atoms with Gasteiger partial charge >= 0.3 is 0 Å². The van der Waals surface area contributed by atoms with Crippen LogP contribution in [0, 0.1) is 5.92 Å². The van der Waals surface area contributed by atoms with Gasteiger partial charge in [0.05, 0.1) is 11.8 Å². The fourth-order valence-corrected chi connectivity index (χ4v) is 2.99. The van der Waals surface area contributed by atoms with Gasteiger partial charge in [0, 0.05) is 52.3 Å². The molecule has 7 nitrogen and oxygen atoms in total. The molecule has 23 heavy (non-hydrogen) atoms. The van der Waals surface area contributed by atoms with Crippen molar-refractivity contribution in [3.8, 4) is 0 Å². The smallest absolute Gasteiger partial charge is 0.256 e. The van der Waals surface area contributed by atoms with Gasteiger partial charge in [0.2, 0.25) is 5.95 Å². The molecule has 0 aromatic carbocycles. The number of hydrogen-bond acceptors (Lipinski definition) is 5. The molecule has 0 N–H and O–H groups in total. The Morgan fingerprint density at radius 2 is 2.00 bits per heavy atom. The first-order chi connectivity index (χ1) is 11.1. The minimum atomic E-state index is 0.0342. The molecule has 1 fully saturated rings. The minimum Gasteiger partial charge on any atom is -0.341 e. The van der Waals surface area contributed by atoms with Gasteiger partial charge in [-0.05, 0) is 24.8 Å². The summed E-state index contributed by atoms with van der Waals surface area (Å²) >= 11 is 0. The molecular weight excluding hydrogens is 292 g/mol. The fourth-order valence-electron chi connectivity index (χ4n) is 2.99. The normalized spacial score (nSPS) is 15.7. The Hall–Kier alpha value is -2.44. The topological polar surface area (TPSA) is 67.2 Å². The molecule has 1 aliphatic heterocycles. The van der Waals surface area contributed by atoms with E-state index in [1.54, 1.807) is 34.4 Å². The highest BCUT2D eigenvalue weighted by molar-refractivity contribution is 5.93. The summed E-state index contributed by atoms with van der Waals surface area (Å²) in [5, 5.41) is 4.06. The quantitative estimate of drug-likeness (QED) is 0.848. The number of anilines is 1. The van der Waals surface area contributed by atoms with Crippen molar-refractivity contribution >= 4 is 11.9 Å². The third-order valence-electron chi connectivity index (χ3n) is 4.28. The second-order valence-electron chi connectivity index (χ2n) is 6.07. The Balaban J connectivity index is 1.51. The van der Waals surface area contributed by atoms with Gasteiger partial charge in [-0.1, -0.05) is 0 Å². The summed E-state index contributed by atoms with van der Waals surface area (Å²) in [5.41, 5.74) is 0.644. The predicted molar refractivity (Wildman–Crippen MR) is 87.1 cm³/mol. The molecule has 0 bridgehead atoms. The van der Waals surface area contributed by atoms with E-state index in [-0.39, 0.29) is 5.91 Å². The molecule has 1 amide bonds. The van der Waals surface area contributed by atoms with Crippen molar-refractivity contribution in [2.45, 2.75) is 12.8 Å². The van der Waals surface area contributed by atoms with Crippen LogP contribution >= 0.6 is 0 Å². The number of hydrogen-bond donors (Lipinski definition) is 0. The molecule has 2 aromatic heterocycles. The highest BCUT2D eigenvalue weighted by Gasteiger charge is 2.24. The average Bonchev–Trinajstić information content (AvgIpc) is 3.02. The number of piperidine rings is 1. The monoisotopic (exact) mass is 314 g/mol. The lowest BCUT2D eigenvalue weighted by Crippen LogP contribution is -2.40. The van der Waals surface area contributed by atoms with Gasteiger partial charge < -0.3 is 9.80 Å². The summed E-state index contributed by atoms with van der Waals surface area (Å²) in [7, 11) is 3.68. The van der Waals surface area contributed by atoms with Gasteiger partial charge in [-0.3, -0.25) is 9.48 Å². The average molecular weight is 314 g/mol. The zero-order valence-electron chi connectivity index (χ0n) is 13.6. The molecule has 0 atom stereocenters. The van der Waals surface area contributed by atoms with Crippen LogP contribution in [0.2, 0.25) is 0 Å². The van der Waals surface area contributed by atoms with E-state index >= 15 is 0 Å². The van der Waals surface area contributed by atoms with Crippen LogP contribution in [0.1, 0.15) is 23.2 Å². The van der Waals surface area contributed by atoms with Crippen LogP contribution in [0.5, 0.6) is 0 Å². The van der Waals surface area contributed by atoms with Crippen LogP contribution in [-0.4, -0.2) is 57.2 Å². The van der Waals surface area contributed by atoms with E-state index in [1.165, 1.54) is 0 Å². The molecule has 0 unspecified atom stereocenters. The maximum Gasteiger partial charge on any atom is 0.256 e. The number of carbonyl (C=O) groups excluding carboxylic acids is 1. The van der Waals surface area contributed by atoms with Crippen molar-refractivity contribution in [2.24, 2.45) is 13.0 Å². The van der Waals surface area contributed by atoms with Crippen LogP contribution in [0.25, 0.3) is 0 Å². The lowest BCUT2D eigenvalue weighted by molar-refractivity contribution is 0.0764. The van der Waals surface area contributed by atoms with Gasteiger partial charge in [-0.15, -0.1) is 0 Å². The number of rotatable bonds is 4. The summed E-state index contributed by atoms with van der Waals surface area (Å²) in [4.78, 5) is 25.0. The number of aryl methyl sites for hydroxylation is 1. The van der Waals surface area contributed by atoms with Crippen molar-refractivity contribution in [2.75, 3.05) is 31.6 Å². The Bertz CT molecular complexity index is 648. The van der Waals surface area contributed by atoms with Crippen LogP contribution in [0.15, 0.2) is 30.9 Å². The van der Waals surface area contributed by atoms with Crippen LogP contribution < -0.4 is 4.90 Å². The molecule has 3 rings (SSSR count). The summed E-state index contributed by atoms with van der Waals surface area (Å²) in [5.74, 6) is 1.35. The molecule has 0 radical (unpaired) electrons. The lowest BCUT2D eigenvalue weighted by Gasteiger charge is -2.33. The number of amides is 1. The first-order valence-corrected chi connectivity index (χ1v) is 7.89. The van der Waals surface area contributed by atoms with Crippen LogP contribution in [0.4, 0.5) is 5.95 Å². The molecule has 7 heteroatoms. The van der Waals surface area contributed by atoms with Gasteiger partial charge in [0.25, 0.3) is 5.91 Å². The highest BCUT2D eigenvalue weighted by Crippen LogP contribution is 2.21. The second-order valence-corrected chi connectivity index (χ2v) is 6.07. The summed E-state index contributed by atoms with van der Waals surface area (Å²) in [6.07, 6.45) is 9.01. The minimum absolute atomic E-state index is 0.0342. The standard InChI is InChI=1S/C16H22N6O/c1-20(15(23)14-10-19-21(2)12-14)11-13-4-8-22(9-5-13)16-17-6-3-7-18-16/h3,6-7,10,12-13H,4-5,8-9,11H2,1-2H3. The van der Waals surface area contributed by atoms with E-state index in [0.717, 1.165) is 38.4 Å². The number of carbonyl (C=O) groups is 1. The van der Waals surface area contributed by atoms with Crippen molar-refractivity contribution in [3.63, 3.8) is 0 Å². The molecule has 0 aliphatic carbocycles. The van der Waals surface area contributed by atoms with Crippen molar-refractivity contribution in [3.05, 3.63) is 36.4 Å². The molecule has 0 saturated carbocycles. The van der Waals surface area contributed by atoms with Crippen LogP contribution in [0.3, 0.4) is 0 Å². The van der Waals surface area contributed by atoms with E-state index < -0.39 is 0 Å². The lowest BCUT2D eigenvalue weighted by atomic mass is 9.96. The van der Waals surface area contributed by atoms with Gasteiger partial charge in [0.1, 0.15) is 0 Å². The third kappa shape index (κ3) is 3.67. The number of aromatic nitrogens is 4. The predicted octanol–water partition coefficient (Wildman–Crippen LogP) is 1.20. The van der Waals surface area contributed by atoms with E-state index in [0.29, 0.717) is 11.5 Å². The Kier molecular flexibility index (Phi) is 4.55. The SMILES string of the molecule is CN(CC1CCN(c2ncccn2)CC1)C(=O)c1cnn(C)c1. The van der Waals surface area contributed by atoms with Crippen molar-refractivity contribution < 1.29 is 4.79 Å². The van der Waals surface area contributed by atoms with Gasteiger partial charge in [0.15, 0.2) is 0 Å². The van der Waals surface area contributed by atoms with E-state index in [2.05, 4.69) is 20.0 Å². The Morgan fingerprint density at radius 1 is 1.30 bits per heavy atom. The van der Waals surface area contributed by atoms with E-state index in [4.69, 9.17) is 0 Å². The Morgan fingerprint density at radius 3 is 2.61 bits per heavy atom. The third-order valence-corrected chi connectivity index (χ3v) is 4.28. The molecule has 1 saturated heterocycles. The zero-order valence-corrected chi connectivity index (χ0v) is 13.6. The first kappa shape index (κ1) is 15.5. The first-order valence-electron chi connectivity index (χ1n) is 7.89. The van der Waals surface area contributed by atoms with Crippen molar-refractivity contribution in [1.29, 1.82) is 0 Å². The molecule has 122 valence electrons. The van der Waals surface area contributed by atoms with Crippen LogP contribution in [-0.2, 0) is 7.05 Å². The summed E-state index contributed by atoms with van der Waals surface area (Å²) in [6, 6.07) is 1.83. The largest absolute Gasteiger partial charge is 0.341 e. The molecular formula is C16H22N6O. The van der Waals surface area contributed by atoms with Crippen molar-refractivity contribution in [1.82, 2.24) is 24.6 Å². The molecule has 0 spiro atoms. The molecule has 2 aromatic rings. The Labute approximate surface area is 135 Å². The summed E-state index contributed by atoms with van der Waals surface area (Å²) in [6.45, 7) is 2.64. The van der Waals surface area contributed by atoms with E-state index in [1.807, 2.05) is 20.2 Å². The van der Waals surface area contributed by atoms with E-state index in [9.17, 15) is 4.79 Å². The van der Waals surface area contributed by atoms with Gasteiger partial charge in [-0.25, -0.2) is 9.97 Å². The maximum absolute atomic E-state index is 12.4. The molecule has 3 heterocycles. The summed E-state index contributed by atoms with van der Waals surface area (Å²) < 4.78 is 1.65.